The van der Waals surface area contributed by atoms with Crippen LogP contribution in [0.3, 0.4) is 0 Å². The number of nitrogens with zero attached hydrogens (tertiary/aromatic N) is 1. The predicted octanol–water partition coefficient (Wildman–Crippen LogP) is 6.54. The first-order chi connectivity index (χ1) is 16.2. The second-order valence-corrected chi connectivity index (χ2v) is 7.57. The highest BCUT2D eigenvalue weighted by molar-refractivity contribution is 5.97. The number of carboxylic acid groups (broad SMARTS) is 1. The second kappa shape index (κ2) is 9.43. The summed E-state index contributed by atoms with van der Waals surface area (Å²) in [4.78, 5) is 15.3. The lowest BCUT2D eigenvalue weighted by Crippen LogP contribution is -2.04. The Morgan fingerprint density at radius 3 is 2.47 bits per heavy atom. The van der Waals surface area contributed by atoms with E-state index in [1.807, 2.05) is 36.4 Å². The van der Waals surface area contributed by atoms with Gasteiger partial charge in [-0.15, -0.1) is 0 Å². The van der Waals surface area contributed by atoms with E-state index in [1.165, 1.54) is 18.2 Å². The van der Waals surface area contributed by atoms with Crippen LogP contribution in [-0.4, -0.2) is 22.7 Å². The van der Waals surface area contributed by atoms with Gasteiger partial charge in [-0.25, -0.2) is 9.78 Å². The molecule has 5 nitrogen and oxygen atoms in total. The molecule has 8 heteroatoms. The molecule has 0 spiro atoms. The lowest BCUT2D eigenvalue weighted by Gasteiger charge is -2.10. The summed E-state index contributed by atoms with van der Waals surface area (Å²) in [5.41, 5.74) is 1.14. The summed E-state index contributed by atoms with van der Waals surface area (Å²) >= 11 is 0. The number of hydrogen-bond donors (Lipinski definition) is 1. The molecule has 0 aliphatic carbocycles. The van der Waals surface area contributed by atoms with Crippen molar-refractivity contribution in [3.05, 3.63) is 89.3 Å². The van der Waals surface area contributed by atoms with Crippen LogP contribution in [0.15, 0.2) is 71.2 Å². The number of benzene rings is 3. The zero-order chi connectivity index (χ0) is 24.3. The molecule has 34 heavy (non-hydrogen) atoms. The molecule has 0 unspecified atom stereocenters. The van der Waals surface area contributed by atoms with E-state index in [4.69, 9.17) is 14.3 Å². The van der Waals surface area contributed by atoms with Crippen LogP contribution in [0.25, 0.3) is 28.3 Å². The van der Waals surface area contributed by atoms with Gasteiger partial charge in [-0.3, -0.25) is 0 Å². The van der Waals surface area contributed by atoms with Crippen molar-refractivity contribution in [1.82, 2.24) is 4.98 Å². The maximum atomic E-state index is 12.8. The van der Waals surface area contributed by atoms with Gasteiger partial charge in [-0.05, 0) is 54.3 Å². The number of aliphatic carboxylic acids is 1. The number of rotatable bonds is 7. The lowest BCUT2D eigenvalue weighted by molar-refractivity contribution is -0.137. The Balaban J connectivity index is 1.48. The molecule has 0 amide bonds. The Hall–Kier alpha value is -4.07. The Kier molecular flexibility index (Phi) is 6.40. The summed E-state index contributed by atoms with van der Waals surface area (Å²) in [6.07, 6.45) is -1.34. The lowest BCUT2D eigenvalue weighted by atomic mass is 10.0. The number of carboxylic acids is 1. The van der Waals surface area contributed by atoms with E-state index in [2.05, 4.69) is 4.98 Å². The first-order valence-electron chi connectivity index (χ1n) is 10.4. The van der Waals surface area contributed by atoms with Crippen molar-refractivity contribution in [3.8, 4) is 17.2 Å². The van der Waals surface area contributed by atoms with Crippen molar-refractivity contribution in [2.24, 2.45) is 0 Å². The average Bonchev–Trinajstić information content (AvgIpc) is 3.17. The van der Waals surface area contributed by atoms with E-state index in [0.29, 0.717) is 35.8 Å². The van der Waals surface area contributed by atoms with E-state index in [9.17, 15) is 18.0 Å². The van der Waals surface area contributed by atoms with E-state index in [0.717, 1.165) is 34.5 Å². The summed E-state index contributed by atoms with van der Waals surface area (Å²) in [5.74, 6) is 0.439. The Morgan fingerprint density at radius 2 is 1.76 bits per heavy atom. The molecule has 0 atom stereocenters. The molecule has 1 aromatic heterocycles. The number of fused-ring (bicyclic) bond motifs is 1. The van der Waals surface area contributed by atoms with Gasteiger partial charge >= 0.3 is 12.1 Å². The molecule has 1 heterocycles. The van der Waals surface area contributed by atoms with Crippen LogP contribution in [0.4, 0.5) is 13.2 Å². The number of hydrogen-bond acceptors (Lipinski definition) is 4. The topological polar surface area (TPSA) is 72.6 Å². The van der Waals surface area contributed by atoms with Gasteiger partial charge in [-0.1, -0.05) is 30.3 Å². The molecule has 4 aromatic rings. The Bertz CT molecular complexity index is 1350. The molecular formula is C26H20F3NO4. The highest BCUT2D eigenvalue weighted by Gasteiger charge is 2.30. The Labute approximate surface area is 193 Å². The number of ether oxygens (including phenoxy) is 1. The molecule has 0 fully saturated rings. The van der Waals surface area contributed by atoms with Gasteiger partial charge in [-0.2, -0.15) is 13.2 Å². The largest absolute Gasteiger partial charge is 0.493 e. The van der Waals surface area contributed by atoms with Gasteiger partial charge in [0, 0.05) is 23.4 Å². The highest BCUT2D eigenvalue weighted by atomic mass is 19.4. The maximum Gasteiger partial charge on any atom is 0.416 e. The predicted molar refractivity (Wildman–Crippen MR) is 121 cm³/mol. The normalized spacial score (nSPS) is 11.9. The zero-order valence-corrected chi connectivity index (χ0v) is 18.1. The second-order valence-electron chi connectivity index (χ2n) is 7.57. The first kappa shape index (κ1) is 23.1. The number of carbonyl (C=O) groups is 1. The van der Waals surface area contributed by atoms with Crippen LogP contribution in [0.2, 0.25) is 0 Å². The smallest absolute Gasteiger partial charge is 0.416 e. The van der Waals surface area contributed by atoms with Crippen molar-refractivity contribution < 1.29 is 32.2 Å². The van der Waals surface area contributed by atoms with Crippen molar-refractivity contribution in [3.63, 3.8) is 0 Å². The molecule has 4 rings (SSSR count). The summed E-state index contributed by atoms with van der Waals surface area (Å²) in [7, 11) is 0. The fraction of sp³-hybridized carbons (Fsp3) is 0.154. The third-order valence-electron chi connectivity index (χ3n) is 5.27. The first-order valence-corrected chi connectivity index (χ1v) is 10.4. The van der Waals surface area contributed by atoms with Crippen molar-refractivity contribution >= 4 is 22.8 Å². The molecule has 0 aliphatic heterocycles. The summed E-state index contributed by atoms with van der Waals surface area (Å²) in [6.45, 7) is 2.04. The van der Waals surface area contributed by atoms with Crippen LogP contribution in [-0.2, 0) is 17.4 Å². The van der Waals surface area contributed by atoms with Crippen LogP contribution >= 0.6 is 0 Å². The molecule has 0 aliphatic rings. The molecule has 3 aromatic carbocycles. The molecule has 0 saturated carbocycles. The van der Waals surface area contributed by atoms with Gasteiger partial charge in [0.05, 0.1) is 17.9 Å². The van der Waals surface area contributed by atoms with E-state index >= 15 is 0 Å². The average molecular weight is 467 g/mol. The number of aromatic nitrogens is 1. The van der Waals surface area contributed by atoms with Gasteiger partial charge in [0.1, 0.15) is 11.5 Å². The zero-order valence-electron chi connectivity index (χ0n) is 18.1. The minimum absolute atomic E-state index is 0.251. The third-order valence-corrected chi connectivity index (χ3v) is 5.27. The SMILES string of the molecule is Cc1oc(-c2ccc(C(F)(F)F)cc2)nc1CCOc1cccc2c(/C=C/C(=O)O)cccc12. The standard InChI is InChI=1S/C26H20F3NO4/c1-16-22(30-25(34-16)18-8-11-19(12-9-18)26(27,28)29)14-15-33-23-7-3-5-20-17(10-13-24(31)32)4-2-6-21(20)23/h2-13H,14-15H2,1H3,(H,31,32)/b13-10+. The third kappa shape index (κ3) is 5.11. The summed E-state index contributed by atoms with van der Waals surface area (Å²) < 4.78 is 50.0. The molecule has 0 saturated heterocycles. The fourth-order valence-electron chi connectivity index (χ4n) is 3.58. The van der Waals surface area contributed by atoms with Crippen LogP contribution in [0.1, 0.15) is 22.6 Å². The number of oxazole rings is 1. The fourth-order valence-corrected chi connectivity index (χ4v) is 3.58. The Morgan fingerprint density at radius 1 is 1.06 bits per heavy atom. The van der Waals surface area contributed by atoms with Crippen molar-refractivity contribution in [1.29, 1.82) is 0 Å². The molecule has 174 valence electrons. The van der Waals surface area contributed by atoms with Gasteiger partial charge in [0.2, 0.25) is 5.89 Å². The summed E-state index contributed by atoms with van der Waals surface area (Å²) in [5, 5.41) is 10.6. The molecule has 0 radical (unpaired) electrons. The van der Waals surface area contributed by atoms with E-state index < -0.39 is 17.7 Å². The summed E-state index contributed by atoms with van der Waals surface area (Å²) in [6, 6.07) is 15.8. The van der Waals surface area contributed by atoms with E-state index in [-0.39, 0.29) is 5.89 Å². The monoisotopic (exact) mass is 467 g/mol. The van der Waals surface area contributed by atoms with Gasteiger partial charge < -0.3 is 14.3 Å². The van der Waals surface area contributed by atoms with Crippen molar-refractivity contribution in [2.75, 3.05) is 6.61 Å². The number of aryl methyl sites for hydroxylation is 1. The highest BCUT2D eigenvalue weighted by Crippen LogP contribution is 2.32. The van der Waals surface area contributed by atoms with Crippen molar-refractivity contribution in [2.45, 2.75) is 19.5 Å². The molecular weight excluding hydrogens is 447 g/mol. The molecule has 1 N–H and O–H groups in total. The van der Waals surface area contributed by atoms with Gasteiger partial charge in [0.15, 0.2) is 0 Å². The maximum absolute atomic E-state index is 12.8. The number of alkyl halides is 3. The van der Waals surface area contributed by atoms with Gasteiger partial charge in [0.25, 0.3) is 0 Å². The number of halogens is 3. The minimum Gasteiger partial charge on any atom is -0.493 e. The minimum atomic E-state index is -4.40. The quantitative estimate of drug-likeness (QED) is 0.313. The van der Waals surface area contributed by atoms with Crippen LogP contribution in [0.5, 0.6) is 5.75 Å². The van der Waals surface area contributed by atoms with Crippen LogP contribution in [0, 0.1) is 6.92 Å². The molecule has 0 bridgehead atoms. The van der Waals surface area contributed by atoms with Crippen LogP contribution < -0.4 is 4.74 Å². The van der Waals surface area contributed by atoms with E-state index in [1.54, 1.807) is 6.92 Å².